The number of aromatic nitrogens is 3. The summed E-state index contributed by atoms with van der Waals surface area (Å²) in [6, 6.07) is 14.4. The van der Waals surface area contributed by atoms with Crippen molar-refractivity contribution in [1.82, 2.24) is 24.1 Å². The maximum atomic E-state index is 13.1. The fourth-order valence-corrected chi connectivity index (χ4v) is 6.31. The second-order valence-electron chi connectivity index (χ2n) is 9.27. The largest absolute Gasteiger partial charge is 0.342 e. The summed E-state index contributed by atoms with van der Waals surface area (Å²) in [6.45, 7) is 3.95. The van der Waals surface area contributed by atoms with E-state index in [9.17, 15) is 9.00 Å². The zero-order valence-corrected chi connectivity index (χ0v) is 20.4. The molecule has 4 heterocycles. The maximum absolute atomic E-state index is 13.1. The average Bonchev–Trinajstić information content (AvgIpc) is 3.55. The number of piperidine rings is 2. The minimum atomic E-state index is -1.30. The number of amides is 1. The van der Waals surface area contributed by atoms with E-state index in [1.54, 1.807) is 6.20 Å². The fourth-order valence-electron chi connectivity index (χ4n) is 5.20. The Balaban J connectivity index is 1.22. The monoisotopic (exact) mass is 479 g/mol. The van der Waals surface area contributed by atoms with E-state index in [4.69, 9.17) is 0 Å². The molecule has 1 atom stereocenters. The van der Waals surface area contributed by atoms with Gasteiger partial charge in [0.05, 0.1) is 17.6 Å². The molecule has 0 bridgehead atoms. The van der Waals surface area contributed by atoms with Gasteiger partial charge < -0.3 is 14.4 Å². The molecule has 0 saturated carbocycles. The summed E-state index contributed by atoms with van der Waals surface area (Å²) in [6.07, 6.45) is 11.7. The fraction of sp³-hybridized carbons (Fsp3) is 0.462. The summed E-state index contributed by atoms with van der Waals surface area (Å²) in [5.74, 6) is 1.24. The molecule has 1 unspecified atom stereocenters. The van der Waals surface area contributed by atoms with Gasteiger partial charge in [0.1, 0.15) is 11.6 Å². The lowest BCUT2D eigenvalue weighted by molar-refractivity contribution is -0.130. The summed E-state index contributed by atoms with van der Waals surface area (Å²) < 4.78 is 16.9. The van der Waals surface area contributed by atoms with Gasteiger partial charge in [-0.3, -0.25) is 9.00 Å². The Labute approximate surface area is 203 Å². The molecule has 2 saturated heterocycles. The Morgan fingerprint density at radius 1 is 0.941 bits per heavy atom. The van der Waals surface area contributed by atoms with Gasteiger partial charge >= 0.3 is 0 Å². The Kier molecular flexibility index (Phi) is 7.25. The van der Waals surface area contributed by atoms with Crippen molar-refractivity contribution in [3.8, 4) is 11.5 Å². The van der Waals surface area contributed by atoms with Crippen LogP contribution in [0.4, 0.5) is 0 Å². The van der Waals surface area contributed by atoms with E-state index in [-0.39, 0.29) is 11.7 Å². The molecule has 1 amide bonds. The van der Waals surface area contributed by atoms with Crippen LogP contribution in [0.25, 0.3) is 11.5 Å². The Bertz CT molecular complexity index is 1100. The minimum absolute atomic E-state index is 0.00777. The number of para-hydroxylation sites is 1. The third-order valence-corrected chi connectivity index (χ3v) is 8.19. The quantitative estimate of drug-likeness (QED) is 0.521. The number of benzene rings is 1. The summed E-state index contributed by atoms with van der Waals surface area (Å²) >= 11 is 0. The first kappa shape index (κ1) is 23.1. The predicted molar refractivity (Wildman–Crippen MR) is 135 cm³/mol. The lowest BCUT2D eigenvalue weighted by atomic mass is 10.00. The molecule has 0 radical (unpaired) electrons. The predicted octanol–water partition coefficient (Wildman–Crippen LogP) is 3.39. The number of likely N-dealkylation sites (tertiary alicyclic amines) is 2. The van der Waals surface area contributed by atoms with Gasteiger partial charge in [-0.05, 0) is 63.0 Å². The zero-order chi connectivity index (χ0) is 23.3. The van der Waals surface area contributed by atoms with Crippen LogP contribution in [-0.2, 0) is 21.3 Å². The van der Waals surface area contributed by atoms with Gasteiger partial charge in [-0.1, -0.05) is 24.6 Å². The zero-order valence-electron chi connectivity index (χ0n) is 19.6. The molecule has 1 aromatic carbocycles. The molecule has 0 N–H and O–H groups in total. The van der Waals surface area contributed by atoms with Gasteiger partial charge in [-0.2, -0.15) is 5.10 Å². The first-order valence-corrected chi connectivity index (χ1v) is 13.8. The van der Waals surface area contributed by atoms with Crippen molar-refractivity contribution in [3.05, 3.63) is 66.6 Å². The molecule has 180 valence electrons. The average molecular weight is 480 g/mol. The molecular formula is C26H33N5O2S. The Morgan fingerprint density at radius 2 is 1.65 bits per heavy atom. The van der Waals surface area contributed by atoms with Crippen LogP contribution in [-0.4, -0.2) is 72.2 Å². The molecule has 0 aliphatic carbocycles. The molecule has 3 aromatic rings. The maximum Gasteiger partial charge on any atom is 0.235 e. The molecule has 5 rings (SSSR count). The first-order valence-electron chi connectivity index (χ1n) is 12.3. The summed E-state index contributed by atoms with van der Waals surface area (Å²) in [5, 5.41) is 4.58. The molecule has 8 heteroatoms. The summed E-state index contributed by atoms with van der Waals surface area (Å²) in [7, 11) is -1.30. The number of rotatable bonds is 7. The molecule has 2 fully saturated rings. The summed E-state index contributed by atoms with van der Waals surface area (Å²) in [4.78, 5) is 17.4. The van der Waals surface area contributed by atoms with Crippen LogP contribution in [0.1, 0.15) is 37.7 Å². The highest BCUT2D eigenvalue weighted by Crippen LogP contribution is 2.23. The van der Waals surface area contributed by atoms with Crippen molar-refractivity contribution in [2.45, 2.75) is 43.9 Å². The van der Waals surface area contributed by atoms with Crippen LogP contribution >= 0.6 is 0 Å². The molecule has 34 heavy (non-hydrogen) atoms. The van der Waals surface area contributed by atoms with Crippen molar-refractivity contribution in [2.75, 3.05) is 31.9 Å². The standard InChI is InChI=1S/C26H33N5O2S/c32-25(29-17-11-23(12-18-29)28-13-5-2-6-14-28)21-34(33)20-22-19-27-31(24-9-3-1-4-10-24)26(22)30-15-7-8-16-30/h1,3-4,7-10,15-16,19,23H,2,5-6,11-14,17-18,20-21H2. The van der Waals surface area contributed by atoms with Gasteiger partial charge in [-0.25, -0.2) is 4.68 Å². The third kappa shape index (κ3) is 5.18. The highest BCUT2D eigenvalue weighted by Gasteiger charge is 2.28. The molecule has 2 aliphatic rings. The Morgan fingerprint density at radius 3 is 2.35 bits per heavy atom. The smallest absolute Gasteiger partial charge is 0.235 e. The van der Waals surface area contributed by atoms with Crippen molar-refractivity contribution in [3.63, 3.8) is 0 Å². The molecule has 2 aliphatic heterocycles. The first-order chi connectivity index (χ1) is 16.7. The van der Waals surface area contributed by atoms with Crippen LogP contribution in [0.3, 0.4) is 0 Å². The van der Waals surface area contributed by atoms with Crippen molar-refractivity contribution in [2.24, 2.45) is 0 Å². The topological polar surface area (TPSA) is 63.4 Å². The van der Waals surface area contributed by atoms with Crippen LogP contribution in [0.5, 0.6) is 0 Å². The van der Waals surface area contributed by atoms with Crippen LogP contribution in [0, 0.1) is 0 Å². The van der Waals surface area contributed by atoms with Gasteiger partial charge in [0.2, 0.25) is 5.91 Å². The molecule has 2 aromatic heterocycles. The van der Waals surface area contributed by atoms with E-state index >= 15 is 0 Å². The third-order valence-electron chi connectivity index (χ3n) is 6.99. The van der Waals surface area contributed by atoms with Crippen LogP contribution in [0.2, 0.25) is 0 Å². The normalized spacial score (nSPS) is 18.8. The van der Waals surface area contributed by atoms with E-state index < -0.39 is 10.8 Å². The second-order valence-corrected chi connectivity index (χ2v) is 10.7. The number of carbonyl (C=O) groups excluding carboxylic acids is 1. The second kappa shape index (κ2) is 10.7. The van der Waals surface area contributed by atoms with Crippen molar-refractivity contribution in [1.29, 1.82) is 0 Å². The molecular weight excluding hydrogens is 446 g/mol. The highest BCUT2D eigenvalue weighted by atomic mass is 32.2. The number of carbonyl (C=O) groups is 1. The molecule has 0 spiro atoms. The molecule has 7 nitrogen and oxygen atoms in total. The number of nitrogens with zero attached hydrogens (tertiary/aromatic N) is 5. The van der Waals surface area contributed by atoms with E-state index in [1.807, 2.05) is 69.0 Å². The van der Waals surface area contributed by atoms with E-state index in [0.29, 0.717) is 11.8 Å². The van der Waals surface area contributed by atoms with E-state index in [1.165, 1.54) is 32.4 Å². The van der Waals surface area contributed by atoms with Gasteiger partial charge in [0.25, 0.3) is 0 Å². The van der Waals surface area contributed by atoms with Crippen molar-refractivity contribution < 1.29 is 9.00 Å². The SMILES string of the molecule is O=C(CS(=O)Cc1cnn(-c2ccccc2)c1-n1cccc1)N1CCC(N2CCCCC2)CC1. The number of hydrogen-bond donors (Lipinski definition) is 0. The highest BCUT2D eigenvalue weighted by molar-refractivity contribution is 7.84. The van der Waals surface area contributed by atoms with Crippen LogP contribution in [0.15, 0.2) is 61.1 Å². The lowest BCUT2D eigenvalue weighted by Crippen LogP contribution is -2.49. The number of hydrogen-bond acceptors (Lipinski definition) is 4. The Hall–Kier alpha value is -2.71. The van der Waals surface area contributed by atoms with E-state index in [2.05, 4.69) is 10.00 Å². The van der Waals surface area contributed by atoms with E-state index in [0.717, 1.165) is 43.0 Å². The van der Waals surface area contributed by atoms with Gasteiger partial charge in [0.15, 0.2) is 0 Å². The van der Waals surface area contributed by atoms with Crippen LogP contribution < -0.4 is 0 Å². The van der Waals surface area contributed by atoms with Gasteiger partial charge in [-0.15, -0.1) is 0 Å². The van der Waals surface area contributed by atoms with Gasteiger partial charge in [0, 0.05) is 47.9 Å². The minimum Gasteiger partial charge on any atom is -0.342 e. The summed E-state index contributed by atoms with van der Waals surface area (Å²) in [5.41, 5.74) is 1.81. The lowest BCUT2D eigenvalue weighted by Gasteiger charge is -2.40. The van der Waals surface area contributed by atoms with Crippen molar-refractivity contribution >= 4 is 16.7 Å².